The van der Waals surface area contributed by atoms with Gasteiger partial charge in [0.25, 0.3) is 5.91 Å². The maximum Gasteiger partial charge on any atom is 0.255 e. The number of methoxy groups -OCH3 is 1. The van der Waals surface area contributed by atoms with Gasteiger partial charge in [0, 0.05) is 6.54 Å². The first-order valence-electron chi connectivity index (χ1n) is 8.00. The van der Waals surface area contributed by atoms with Gasteiger partial charge in [-0.15, -0.1) is 0 Å². The molecule has 0 saturated heterocycles. The number of benzene rings is 2. The molecule has 2 aromatic rings. The van der Waals surface area contributed by atoms with E-state index >= 15 is 0 Å². The molecule has 0 unspecified atom stereocenters. The first-order valence-corrected chi connectivity index (χ1v) is 9.54. The van der Waals surface area contributed by atoms with E-state index in [1.54, 1.807) is 0 Å². The van der Waals surface area contributed by atoms with Gasteiger partial charge >= 0.3 is 0 Å². The van der Waals surface area contributed by atoms with Gasteiger partial charge < -0.3 is 14.8 Å². The van der Waals surface area contributed by atoms with Gasteiger partial charge in [-0.3, -0.25) is 4.79 Å². The molecular formula is C18H22N2O5S. The summed E-state index contributed by atoms with van der Waals surface area (Å²) in [4.78, 5) is 12.2. The first kappa shape index (κ1) is 19.7. The standard InChI is InChI=1S/C18H22N2O5S/c1-13-5-3-6-14(11-13)25-10-4-9-20-18(21)16-12-15(26(19,22)23)7-8-17(16)24-2/h3,5-8,11-12H,4,9-10H2,1-2H3,(H,20,21)(H2,19,22,23). The molecule has 0 heterocycles. The molecule has 0 aromatic heterocycles. The summed E-state index contributed by atoms with van der Waals surface area (Å²) in [5.41, 5.74) is 1.22. The van der Waals surface area contributed by atoms with Crippen molar-refractivity contribution in [3.05, 3.63) is 53.6 Å². The molecule has 3 N–H and O–H groups in total. The Morgan fingerprint density at radius 2 is 1.96 bits per heavy atom. The lowest BCUT2D eigenvalue weighted by Gasteiger charge is -2.11. The fourth-order valence-electron chi connectivity index (χ4n) is 2.31. The second-order valence-corrected chi connectivity index (χ2v) is 7.24. The average molecular weight is 378 g/mol. The number of carbonyl (C=O) groups is 1. The van der Waals surface area contributed by atoms with Crippen molar-refractivity contribution in [1.29, 1.82) is 0 Å². The van der Waals surface area contributed by atoms with Gasteiger partial charge in [-0.1, -0.05) is 12.1 Å². The summed E-state index contributed by atoms with van der Waals surface area (Å²) in [6.07, 6.45) is 0.594. The van der Waals surface area contributed by atoms with Gasteiger partial charge in [-0.25, -0.2) is 13.6 Å². The number of primary sulfonamides is 1. The van der Waals surface area contributed by atoms with Crippen LogP contribution in [0.15, 0.2) is 47.4 Å². The molecule has 0 aliphatic rings. The molecule has 0 bridgehead atoms. The van der Waals surface area contributed by atoms with Crippen LogP contribution in [0, 0.1) is 6.92 Å². The molecule has 7 nitrogen and oxygen atoms in total. The highest BCUT2D eigenvalue weighted by Crippen LogP contribution is 2.21. The zero-order valence-electron chi connectivity index (χ0n) is 14.7. The van der Waals surface area contributed by atoms with Crippen molar-refractivity contribution in [1.82, 2.24) is 5.32 Å². The van der Waals surface area contributed by atoms with E-state index in [1.165, 1.54) is 25.3 Å². The third-order valence-corrected chi connectivity index (χ3v) is 4.52. The molecule has 0 spiro atoms. The van der Waals surface area contributed by atoms with E-state index in [-0.39, 0.29) is 16.2 Å². The van der Waals surface area contributed by atoms with Gasteiger partial charge in [-0.2, -0.15) is 0 Å². The normalized spacial score (nSPS) is 11.0. The van der Waals surface area contributed by atoms with E-state index in [9.17, 15) is 13.2 Å². The second kappa shape index (κ2) is 8.68. The van der Waals surface area contributed by atoms with E-state index in [0.717, 1.165) is 11.3 Å². The summed E-state index contributed by atoms with van der Waals surface area (Å²) in [5, 5.41) is 7.82. The fourth-order valence-corrected chi connectivity index (χ4v) is 2.85. The summed E-state index contributed by atoms with van der Waals surface area (Å²) in [6.45, 7) is 2.79. The molecule has 2 rings (SSSR count). The van der Waals surface area contributed by atoms with E-state index < -0.39 is 15.9 Å². The molecule has 0 saturated carbocycles. The SMILES string of the molecule is COc1ccc(S(N)(=O)=O)cc1C(=O)NCCCOc1cccc(C)c1. The van der Waals surface area contributed by atoms with E-state index in [2.05, 4.69) is 5.32 Å². The Morgan fingerprint density at radius 3 is 2.62 bits per heavy atom. The molecule has 0 atom stereocenters. The van der Waals surface area contributed by atoms with Crippen LogP contribution in [0.3, 0.4) is 0 Å². The largest absolute Gasteiger partial charge is 0.496 e. The van der Waals surface area contributed by atoms with Gasteiger partial charge in [0.2, 0.25) is 10.0 Å². The van der Waals surface area contributed by atoms with Crippen molar-refractivity contribution in [3.8, 4) is 11.5 Å². The molecule has 0 aliphatic heterocycles. The third-order valence-electron chi connectivity index (χ3n) is 3.61. The Labute approximate surface area is 153 Å². The highest BCUT2D eigenvalue weighted by molar-refractivity contribution is 7.89. The number of rotatable bonds is 8. The molecule has 0 fully saturated rings. The van der Waals surface area contributed by atoms with Crippen molar-refractivity contribution in [3.63, 3.8) is 0 Å². The number of nitrogens with one attached hydrogen (secondary N) is 1. The lowest BCUT2D eigenvalue weighted by atomic mass is 10.2. The monoisotopic (exact) mass is 378 g/mol. The van der Waals surface area contributed by atoms with Crippen LogP contribution in [0.1, 0.15) is 22.3 Å². The van der Waals surface area contributed by atoms with Gasteiger partial charge in [0.05, 0.1) is 24.2 Å². The predicted octanol–water partition coefficient (Wildman–Crippen LogP) is 1.85. The molecule has 0 radical (unpaired) electrons. The van der Waals surface area contributed by atoms with Crippen LogP contribution in [0.25, 0.3) is 0 Å². The Morgan fingerprint density at radius 1 is 1.19 bits per heavy atom. The van der Waals surface area contributed by atoms with Crippen LogP contribution in [0.5, 0.6) is 11.5 Å². The van der Waals surface area contributed by atoms with Crippen molar-refractivity contribution < 1.29 is 22.7 Å². The lowest BCUT2D eigenvalue weighted by molar-refractivity contribution is 0.0948. The number of carbonyl (C=O) groups excluding carboxylic acids is 1. The highest BCUT2D eigenvalue weighted by atomic mass is 32.2. The molecule has 140 valence electrons. The van der Waals surface area contributed by atoms with Gasteiger partial charge in [0.15, 0.2) is 0 Å². The van der Waals surface area contributed by atoms with Crippen LogP contribution in [-0.4, -0.2) is 34.6 Å². The summed E-state index contributed by atoms with van der Waals surface area (Å²) < 4.78 is 33.6. The topological polar surface area (TPSA) is 108 Å². The third kappa shape index (κ3) is 5.47. The number of amides is 1. The van der Waals surface area contributed by atoms with Crippen molar-refractivity contribution >= 4 is 15.9 Å². The molecule has 26 heavy (non-hydrogen) atoms. The smallest absolute Gasteiger partial charge is 0.255 e. The second-order valence-electron chi connectivity index (χ2n) is 5.68. The van der Waals surface area contributed by atoms with E-state index in [4.69, 9.17) is 14.6 Å². The maximum atomic E-state index is 12.3. The zero-order valence-corrected chi connectivity index (χ0v) is 15.5. The van der Waals surface area contributed by atoms with Crippen LogP contribution >= 0.6 is 0 Å². The lowest BCUT2D eigenvalue weighted by Crippen LogP contribution is -2.26. The van der Waals surface area contributed by atoms with Crippen molar-refractivity contribution in [2.75, 3.05) is 20.3 Å². The number of hydrogen-bond acceptors (Lipinski definition) is 5. The number of aryl methyl sites for hydroxylation is 1. The van der Waals surface area contributed by atoms with Gasteiger partial charge in [-0.05, 0) is 49.2 Å². The van der Waals surface area contributed by atoms with Crippen LogP contribution < -0.4 is 19.9 Å². The predicted molar refractivity (Wildman–Crippen MR) is 98.0 cm³/mol. The molecular weight excluding hydrogens is 356 g/mol. The Bertz CT molecular complexity index is 881. The Balaban J connectivity index is 1.91. The Hall–Kier alpha value is -2.58. The van der Waals surface area contributed by atoms with Crippen molar-refractivity contribution in [2.24, 2.45) is 5.14 Å². The summed E-state index contributed by atoms with van der Waals surface area (Å²) in [6, 6.07) is 11.6. The average Bonchev–Trinajstić information content (AvgIpc) is 2.60. The maximum absolute atomic E-state index is 12.3. The minimum Gasteiger partial charge on any atom is -0.496 e. The molecule has 8 heteroatoms. The van der Waals surface area contributed by atoms with Gasteiger partial charge in [0.1, 0.15) is 11.5 Å². The number of nitrogens with two attached hydrogens (primary N) is 1. The number of hydrogen-bond donors (Lipinski definition) is 2. The molecule has 2 aromatic carbocycles. The molecule has 0 aliphatic carbocycles. The van der Waals surface area contributed by atoms with E-state index in [0.29, 0.717) is 19.6 Å². The van der Waals surface area contributed by atoms with Crippen LogP contribution in [-0.2, 0) is 10.0 Å². The van der Waals surface area contributed by atoms with Crippen LogP contribution in [0.4, 0.5) is 0 Å². The fraction of sp³-hybridized carbons (Fsp3) is 0.278. The summed E-state index contributed by atoms with van der Waals surface area (Å²) in [5.74, 6) is 0.604. The summed E-state index contributed by atoms with van der Waals surface area (Å²) >= 11 is 0. The quantitative estimate of drug-likeness (QED) is 0.682. The highest BCUT2D eigenvalue weighted by Gasteiger charge is 2.17. The van der Waals surface area contributed by atoms with E-state index in [1.807, 2.05) is 31.2 Å². The minimum absolute atomic E-state index is 0.110. The number of ether oxygens (including phenoxy) is 2. The summed E-state index contributed by atoms with van der Waals surface area (Å²) in [7, 11) is -2.50. The Kier molecular flexibility index (Phi) is 6.59. The van der Waals surface area contributed by atoms with Crippen LogP contribution in [0.2, 0.25) is 0 Å². The zero-order chi connectivity index (χ0) is 19.2. The van der Waals surface area contributed by atoms with Crippen molar-refractivity contribution in [2.45, 2.75) is 18.2 Å². The molecule has 1 amide bonds. The number of sulfonamides is 1. The first-order chi connectivity index (χ1) is 12.3. The minimum atomic E-state index is -3.90.